The molecule has 0 saturated heterocycles. The zero-order chi connectivity index (χ0) is 15.7. The van der Waals surface area contributed by atoms with Gasteiger partial charge in [-0.25, -0.2) is 0 Å². The van der Waals surface area contributed by atoms with Gasteiger partial charge in [-0.3, -0.25) is 9.59 Å². The summed E-state index contributed by atoms with van der Waals surface area (Å²) in [7, 11) is 1.36. The Balaban J connectivity index is 2.22. The molecule has 1 aromatic rings. The average Bonchev–Trinajstić information content (AvgIpc) is 2.49. The molecule has 116 valence electrons. The molecule has 1 rings (SSSR count). The monoisotopic (exact) mass is 309 g/mol. The molecule has 5 heteroatoms. The number of nitrogens with one attached hydrogen (secondary N) is 1. The zero-order valence-corrected chi connectivity index (χ0v) is 13.7. The molecule has 0 atom stereocenters. The fourth-order valence-electron chi connectivity index (χ4n) is 1.71. The van der Waals surface area contributed by atoms with Crippen LogP contribution in [0.2, 0.25) is 0 Å². The van der Waals surface area contributed by atoms with Crippen LogP contribution in [0.15, 0.2) is 29.2 Å². The summed E-state index contributed by atoms with van der Waals surface area (Å²) in [6.07, 6.45) is 0.937. The highest BCUT2D eigenvalue weighted by Gasteiger charge is 2.05. The number of esters is 1. The van der Waals surface area contributed by atoms with Gasteiger partial charge in [-0.1, -0.05) is 26.0 Å². The molecule has 0 saturated carbocycles. The third kappa shape index (κ3) is 7.18. The molecular weight excluding hydrogens is 286 g/mol. The number of thioether (sulfide) groups is 1. The van der Waals surface area contributed by atoms with Crippen molar-refractivity contribution in [1.82, 2.24) is 5.32 Å². The Hall–Kier alpha value is -1.49. The van der Waals surface area contributed by atoms with E-state index in [1.807, 2.05) is 12.1 Å². The van der Waals surface area contributed by atoms with Crippen LogP contribution in [0.25, 0.3) is 0 Å². The van der Waals surface area contributed by atoms with Gasteiger partial charge in [-0.15, -0.1) is 11.8 Å². The first kappa shape index (κ1) is 17.6. The molecule has 0 radical (unpaired) electrons. The van der Waals surface area contributed by atoms with Gasteiger partial charge in [-0.2, -0.15) is 0 Å². The van der Waals surface area contributed by atoms with E-state index in [-0.39, 0.29) is 11.9 Å². The number of carbonyl (C=O) groups excluding carboxylic acids is 2. The number of methoxy groups -OCH3 is 1. The average molecular weight is 309 g/mol. The molecule has 0 aliphatic rings. The van der Waals surface area contributed by atoms with Crippen LogP contribution in [0.4, 0.5) is 0 Å². The van der Waals surface area contributed by atoms with Gasteiger partial charge >= 0.3 is 5.97 Å². The van der Waals surface area contributed by atoms with E-state index in [2.05, 4.69) is 36.0 Å². The highest BCUT2D eigenvalue weighted by atomic mass is 32.2. The first-order valence-electron chi connectivity index (χ1n) is 7.09. The van der Waals surface area contributed by atoms with Crippen molar-refractivity contribution < 1.29 is 14.3 Å². The van der Waals surface area contributed by atoms with Crippen molar-refractivity contribution in [2.24, 2.45) is 0 Å². The maximum absolute atomic E-state index is 11.7. The highest BCUT2D eigenvalue weighted by molar-refractivity contribution is 8.00. The second kappa shape index (κ2) is 9.45. The summed E-state index contributed by atoms with van der Waals surface area (Å²) < 4.78 is 4.53. The summed E-state index contributed by atoms with van der Waals surface area (Å²) >= 11 is 1.51. The number of carbonyl (C=O) groups is 2. The van der Waals surface area contributed by atoms with E-state index in [0.717, 1.165) is 4.90 Å². The predicted octanol–water partition coefficient (Wildman–Crippen LogP) is 2.97. The van der Waals surface area contributed by atoms with Gasteiger partial charge in [0, 0.05) is 17.9 Å². The van der Waals surface area contributed by atoms with E-state index >= 15 is 0 Å². The fraction of sp³-hybridized carbons (Fsp3) is 0.500. The van der Waals surface area contributed by atoms with E-state index < -0.39 is 0 Å². The van der Waals surface area contributed by atoms with Crippen molar-refractivity contribution in [3.05, 3.63) is 29.8 Å². The van der Waals surface area contributed by atoms with Crippen LogP contribution in [-0.2, 0) is 14.3 Å². The van der Waals surface area contributed by atoms with Crippen LogP contribution in [0.3, 0.4) is 0 Å². The number of hydrogen-bond acceptors (Lipinski definition) is 4. The molecule has 21 heavy (non-hydrogen) atoms. The van der Waals surface area contributed by atoms with E-state index in [4.69, 9.17) is 0 Å². The molecule has 4 nitrogen and oxygen atoms in total. The highest BCUT2D eigenvalue weighted by Crippen LogP contribution is 2.21. The first-order valence-corrected chi connectivity index (χ1v) is 8.07. The third-order valence-corrected chi connectivity index (χ3v) is 4.04. The molecule has 0 heterocycles. The quantitative estimate of drug-likeness (QED) is 0.456. The zero-order valence-electron chi connectivity index (χ0n) is 12.8. The molecule has 0 aliphatic heterocycles. The lowest BCUT2D eigenvalue weighted by molar-refractivity contribution is -0.140. The van der Waals surface area contributed by atoms with Gasteiger partial charge in [0.15, 0.2) is 0 Å². The normalized spacial score (nSPS) is 10.5. The lowest BCUT2D eigenvalue weighted by atomic mass is 10.0. The number of benzene rings is 1. The van der Waals surface area contributed by atoms with E-state index in [9.17, 15) is 9.59 Å². The van der Waals surface area contributed by atoms with Crippen molar-refractivity contribution in [3.63, 3.8) is 0 Å². The lowest BCUT2D eigenvalue weighted by Gasteiger charge is -2.07. The summed E-state index contributed by atoms with van der Waals surface area (Å²) in [6.45, 7) is 4.81. The van der Waals surface area contributed by atoms with E-state index in [1.165, 1.54) is 24.4 Å². The minimum atomic E-state index is -0.246. The molecule has 0 aliphatic carbocycles. The van der Waals surface area contributed by atoms with Crippen LogP contribution < -0.4 is 5.32 Å². The topological polar surface area (TPSA) is 55.4 Å². The van der Waals surface area contributed by atoms with Gasteiger partial charge in [-0.05, 0) is 30.0 Å². The summed E-state index contributed by atoms with van der Waals surface area (Å²) in [6, 6.07) is 8.29. The van der Waals surface area contributed by atoms with Gasteiger partial charge in [0.25, 0.3) is 0 Å². The Kier molecular flexibility index (Phi) is 7.90. The molecule has 1 N–H and O–H groups in total. The summed E-state index contributed by atoms with van der Waals surface area (Å²) in [5, 5.41) is 2.79. The molecule has 0 bridgehead atoms. The van der Waals surface area contributed by atoms with E-state index in [0.29, 0.717) is 31.1 Å². The van der Waals surface area contributed by atoms with Crippen LogP contribution in [-0.4, -0.2) is 31.3 Å². The first-order chi connectivity index (χ1) is 10.0. The second-order valence-corrected chi connectivity index (χ2v) is 6.09. The number of ether oxygens (including phenoxy) is 1. The Bertz CT molecular complexity index is 457. The summed E-state index contributed by atoms with van der Waals surface area (Å²) in [5.41, 5.74) is 1.30. The van der Waals surface area contributed by atoms with E-state index in [1.54, 1.807) is 0 Å². The van der Waals surface area contributed by atoms with Crippen LogP contribution >= 0.6 is 11.8 Å². The van der Waals surface area contributed by atoms with Crippen molar-refractivity contribution >= 4 is 23.6 Å². The van der Waals surface area contributed by atoms with Crippen LogP contribution in [0, 0.1) is 0 Å². The van der Waals surface area contributed by atoms with Crippen LogP contribution in [0.5, 0.6) is 0 Å². The summed E-state index contributed by atoms with van der Waals surface area (Å²) in [5.74, 6) is 0.642. The summed E-state index contributed by atoms with van der Waals surface area (Å²) in [4.78, 5) is 23.6. The van der Waals surface area contributed by atoms with Crippen molar-refractivity contribution in [2.45, 2.75) is 37.5 Å². The Morgan fingerprint density at radius 1 is 1.24 bits per heavy atom. The maximum Gasteiger partial charge on any atom is 0.305 e. The molecule has 1 amide bonds. The fourth-order valence-corrected chi connectivity index (χ4v) is 2.44. The Morgan fingerprint density at radius 2 is 1.90 bits per heavy atom. The lowest BCUT2D eigenvalue weighted by Crippen LogP contribution is -2.26. The molecule has 0 unspecified atom stereocenters. The largest absolute Gasteiger partial charge is 0.469 e. The standard InChI is InChI=1S/C16H23NO3S/c1-12(2)13-6-8-14(9-7-13)21-11-15(18)17-10-4-5-16(19)20-3/h6-9,12H,4-5,10-11H2,1-3H3,(H,17,18). The van der Waals surface area contributed by atoms with Crippen molar-refractivity contribution in [3.8, 4) is 0 Å². The smallest absolute Gasteiger partial charge is 0.305 e. The predicted molar refractivity (Wildman–Crippen MR) is 85.5 cm³/mol. The van der Waals surface area contributed by atoms with Gasteiger partial charge in [0.05, 0.1) is 12.9 Å². The third-order valence-electron chi connectivity index (χ3n) is 3.02. The van der Waals surface area contributed by atoms with Gasteiger partial charge in [0.1, 0.15) is 0 Å². The maximum atomic E-state index is 11.7. The minimum absolute atomic E-state index is 0.0159. The van der Waals surface area contributed by atoms with Crippen molar-refractivity contribution in [1.29, 1.82) is 0 Å². The SMILES string of the molecule is COC(=O)CCCNC(=O)CSc1ccc(C(C)C)cc1. The molecule has 0 aromatic heterocycles. The molecule has 1 aromatic carbocycles. The molecule has 0 fully saturated rings. The number of hydrogen-bond donors (Lipinski definition) is 1. The number of amides is 1. The molecular formula is C16H23NO3S. The van der Waals surface area contributed by atoms with Gasteiger partial charge in [0.2, 0.25) is 5.91 Å². The van der Waals surface area contributed by atoms with Crippen molar-refractivity contribution in [2.75, 3.05) is 19.4 Å². The minimum Gasteiger partial charge on any atom is -0.469 e. The Morgan fingerprint density at radius 3 is 2.48 bits per heavy atom. The second-order valence-electron chi connectivity index (χ2n) is 5.04. The molecule has 0 spiro atoms. The number of rotatable bonds is 8. The Labute approximate surface area is 130 Å². The van der Waals surface area contributed by atoms with Gasteiger partial charge < -0.3 is 10.1 Å². The van der Waals surface area contributed by atoms with Crippen LogP contribution in [0.1, 0.15) is 38.2 Å².